The quantitative estimate of drug-likeness (QED) is 0.674. The van der Waals surface area contributed by atoms with Gasteiger partial charge in [-0.1, -0.05) is 30.3 Å². The third-order valence-electron chi connectivity index (χ3n) is 3.71. The minimum absolute atomic E-state index is 0.0370. The highest BCUT2D eigenvalue weighted by atomic mass is 32.2. The molecule has 0 radical (unpaired) electrons. The van der Waals surface area contributed by atoms with Crippen LogP contribution in [0.1, 0.15) is 16.1 Å². The third-order valence-corrected chi connectivity index (χ3v) is 4.62. The summed E-state index contributed by atoms with van der Waals surface area (Å²) in [5.74, 6) is -0.499. The fourth-order valence-corrected chi connectivity index (χ4v) is 2.98. The monoisotopic (exact) mass is 384 g/mol. The molecular formula is C18H16N4O4S. The zero-order chi connectivity index (χ0) is 19.4. The van der Waals surface area contributed by atoms with Crippen LogP contribution >= 0.6 is 0 Å². The number of para-hydroxylation sites is 1. The second-order valence-electron chi connectivity index (χ2n) is 5.68. The number of primary sulfonamides is 1. The van der Waals surface area contributed by atoms with Crippen molar-refractivity contribution in [3.8, 4) is 5.69 Å². The fourth-order valence-electron chi connectivity index (χ4n) is 2.39. The van der Waals surface area contributed by atoms with Crippen molar-refractivity contribution in [3.05, 3.63) is 88.3 Å². The molecule has 0 bridgehead atoms. The Morgan fingerprint density at radius 3 is 2.48 bits per heavy atom. The Kier molecular flexibility index (Phi) is 5.15. The van der Waals surface area contributed by atoms with E-state index >= 15 is 0 Å². The molecular weight excluding hydrogens is 368 g/mol. The van der Waals surface area contributed by atoms with Gasteiger partial charge in [0.2, 0.25) is 10.0 Å². The van der Waals surface area contributed by atoms with Crippen molar-refractivity contribution in [2.45, 2.75) is 11.4 Å². The second-order valence-corrected chi connectivity index (χ2v) is 7.24. The maximum atomic E-state index is 12.4. The number of benzene rings is 2. The fraction of sp³-hybridized carbons (Fsp3) is 0.0556. The van der Waals surface area contributed by atoms with Crippen LogP contribution in [-0.4, -0.2) is 24.1 Å². The van der Waals surface area contributed by atoms with Gasteiger partial charge in [0.05, 0.1) is 10.6 Å². The second kappa shape index (κ2) is 7.52. The van der Waals surface area contributed by atoms with E-state index in [0.717, 1.165) is 4.68 Å². The lowest BCUT2D eigenvalue weighted by Gasteiger charge is -2.08. The number of nitrogens with one attached hydrogen (secondary N) is 1. The van der Waals surface area contributed by atoms with Gasteiger partial charge in [0.25, 0.3) is 11.5 Å². The molecule has 1 amide bonds. The van der Waals surface area contributed by atoms with E-state index in [2.05, 4.69) is 10.4 Å². The van der Waals surface area contributed by atoms with Crippen molar-refractivity contribution in [1.82, 2.24) is 15.1 Å². The van der Waals surface area contributed by atoms with Gasteiger partial charge < -0.3 is 5.32 Å². The van der Waals surface area contributed by atoms with Gasteiger partial charge in [-0.05, 0) is 35.9 Å². The van der Waals surface area contributed by atoms with Gasteiger partial charge in [0, 0.05) is 12.6 Å². The normalized spacial score (nSPS) is 11.1. The molecule has 3 rings (SSSR count). The lowest BCUT2D eigenvalue weighted by molar-refractivity contribution is 0.0944. The summed E-state index contributed by atoms with van der Waals surface area (Å²) in [6.07, 6.45) is 0. The molecule has 0 aliphatic rings. The van der Waals surface area contributed by atoms with Gasteiger partial charge in [0.1, 0.15) is 5.69 Å². The first-order valence-electron chi connectivity index (χ1n) is 7.90. The first kappa shape index (κ1) is 18.5. The Hall–Kier alpha value is -3.30. The van der Waals surface area contributed by atoms with Crippen molar-refractivity contribution in [2.24, 2.45) is 5.14 Å². The lowest BCUT2D eigenvalue weighted by Crippen LogP contribution is -2.28. The number of aromatic nitrogens is 2. The Morgan fingerprint density at radius 2 is 1.78 bits per heavy atom. The van der Waals surface area contributed by atoms with Crippen molar-refractivity contribution >= 4 is 15.9 Å². The highest BCUT2D eigenvalue weighted by Gasteiger charge is 2.12. The molecule has 138 valence electrons. The van der Waals surface area contributed by atoms with Gasteiger partial charge in [-0.25, -0.2) is 13.6 Å². The minimum Gasteiger partial charge on any atom is -0.347 e. The van der Waals surface area contributed by atoms with Crippen LogP contribution in [-0.2, 0) is 16.6 Å². The number of carbonyl (C=O) groups is 1. The summed E-state index contributed by atoms with van der Waals surface area (Å²) < 4.78 is 23.9. The summed E-state index contributed by atoms with van der Waals surface area (Å²) >= 11 is 0. The highest BCUT2D eigenvalue weighted by molar-refractivity contribution is 7.89. The molecule has 0 saturated carbocycles. The number of amides is 1. The number of hydrogen-bond acceptors (Lipinski definition) is 5. The van der Waals surface area contributed by atoms with Gasteiger partial charge >= 0.3 is 0 Å². The third kappa shape index (κ3) is 4.46. The molecule has 1 aromatic heterocycles. The van der Waals surface area contributed by atoms with Crippen LogP contribution in [0.2, 0.25) is 0 Å². The first-order valence-corrected chi connectivity index (χ1v) is 9.45. The summed E-state index contributed by atoms with van der Waals surface area (Å²) in [5.41, 5.74) is 0.795. The van der Waals surface area contributed by atoms with E-state index in [1.807, 2.05) is 0 Å². The standard InChI is InChI=1S/C18H16N4O4S/c19-27(25,26)15-8-4-5-13(11-15)12-20-18(24)16-9-10-17(23)22(21-16)14-6-2-1-3-7-14/h1-11H,12H2,(H,20,24)(H2,19,25,26). The molecule has 8 nitrogen and oxygen atoms in total. The highest BCUT2D eigenvalue weighted by Crippen LogP contribution is 2.10. The molecule has 1 heterocycles. The van der Waals surface area contributed by atoms with E-state index in [0.29, 0.717) is 11.3 Å². The van der Waals surface area contributed by atoms with Gasteiger partial charge in [0.15, 0.2) is 0 Å². The molecule has 9 heteroatoms. The van der Waals surface area contributed by atoms with Crippen molar-refractivity contribution in [2.75, 3.05) is 0 Å². The van der Waals surface area contributed by atoms with Crippen molar-refractivity contribution in [1.29, 1.82) is 0 Å². The van der Waals surface area contributed by atoms with Crippen molar-refractivity contribution < 1.29 is 13.2 Å². The summed E-state index contributed by atoms with van der Waals surface area (Å²) in [6.45, 7) is 0.0777. The number of nitrogens with two attached hydrogens (primary N) is 1. The molecule has 0 aliphatic carbocycles. The van der Waals surface area contributed by atoms with E-state index in [9.17, 15) is 18.0 Å². The van der Waals surface area contributed by atoms with Crippen LogP contribution < -0.4 is 16.0 Å². The van der Waals surface area contributed by atoms with Crippen LogP contribution in [0, 0.1) is 0 Å². The molecule has 3 aromatic rings. The SMILES string of the molecule is NS(=O)(=O)c1cccc(CNC(=O)c2ccc(=O)n(-c3ccccc3)n2)c1. The summed E-state index contributed by atoms with van der Waals surface area (Å²) in [6, 6.07) is 17.3. The Balaban J connectivity index is 1.79. The van der Waals surface area contributed by atoms with Crippen LogP contribution in [0.4, 0.5) is 0 Å². The Labute approximate surface area is 155 Å². The Bertz CT molecular complexity index is 1140. The van der Waals surface area contributed by atoms with E-state index in [-0.39, 0.29) is 22.7 Å². The van der Waals surface area contributed by atoms with Gasteiger partial charge in [-0.15, -0.1) is 0 Å². The molecule has 0 aliphatic heterocycles. The van der Waals surface area contributed by atoms with Crippen LogP contribution in [0.3, 0.4) is 0 Å². The minimum atomic E-state index is -3.82. The van der Waals surface area contributed by atoms with Crippen LogP contribution in [0.5, 0.6) is 0 Å². The van der Waals surface area contributed by atoms with Crippen LogP contribution in [0.15, 0.2) is 76.4 Å². The number of hydrogen-bond donors (Lipinski definition) is 2. The first-order chi connectivity index (χ1) is 12.8. The summed E-state index contributed by atoms with van der Waals surface area (Å²) in [7, 11) is -3.82. The number of nitrogens with zero attached hydrogens (tertiary/aromatic N) is 2. The van der Waals surface area contributed by atoms with E-state index in [1.165, 1.54) is 30.3 Å². The molecule has 2 aromatic carbocycles. The molecule has 0 unspecified atom stereocenters. The smallest absolute Gasteiger partial charge is 0.272 e. The number of rotatable bonds is 5. The molecule has 0 saturated heterocycles. The number of carbonyl (C=O) groups excluding carboxylic acids is 1. The Morgan fingerprint density at radius 1 is 1.04 bits per heavy atom. The number of sulfonamides is 1. The van der Waals surface area contributed by atoms with Gasteiger partial charge in [-0.2, -0.15) is 9.78 Å². The van der Waals surface area contributed by atoms with E-state index in [1.54, 1.807) is 36.4 Å². The molecule has 0 atom stereocenters. The largest absolute Gasteiger partial charge is 0.347 e. The lowest BCUT2D eigenvalue weighted by atomic mass is 10.2. The predicted molar refractivity (Wildman–Crippen MR) is 98.8 cm³/mol. The maximum absolute atomic E-state index is 12.4. The predicted octanol–water partition coefficient (Wildman–Crippen LogP) is 0.810. The van der Waals surface area contributed by atoms with Crippen LogP contribution in [0.25, 0.3) is 5.69 Å². The molecule has 0 spiro atoms. The average Bonchev–Trinajstić information content (AvgIpc) is 2.67. The molecule has 3 N–H and O–H groups in total. The maximum Gasteiger partial charge on any atom is 0.272 e. The summed E-state index contributed by atoms with van der Waals surface area (Å²) in [5, 5.41) is 11.8. The van der Waals surface area contributed by atoms with Crippen molar-refractivity contribution in [3.63, 3.8) is 0 Å². The zero-order valence-electron chi connectivity index (χ0n) is 14.1. The van der Waals surface area contributed by atoms with Gasteiger partial charge in [-0.3, -0.25) is 9.59 Å². The van der Waals surface area contributed by atoms with E-state index in [4.69, 9.17) is 5.14 Å². The molecule has 27 heavy (non-hydrogen) atoms. The summed E-state index contributed by atoms with van der Waals surface area (Å²) in [4.78, 5) is 24.3. The van der Waals surface area contributed by atoms with E-state index < -0.39 is 15.9 Å². The topological polar surface area (TPSA) is 124 Å². The average molecular weight is 384 g/mol. The zero-order valence-corrected chi connectivity index (χ0v) is 14.9. The molecule has 0 fully saturated rings.